The zero-order chi connectivity index (χ0) is 15.2. The fraction of sp³-hybridized carbons (Fsp3) is 0.312. The standard InChI is InChI=1S/C16H20N2O2S/c1-18(2)14(15-7-4-8-21-15)11-17-10-12-5-3-6-13(9-12)16(19)20/h3-9,14,17H,10-11H2,1-2H3,(H,19,20). The van der Waals surface area contributed by atoms with Crippen molar-refractivity contribution in [1.29, 1.82) is 0 Å². The smallest absolute Gasteiger partial charge is 0.335 e. The van der Waals surface area contributed by atoms with Crippen molar-refractivity contribution < 1.29 is 9.90 Å². The molecular weight excluding hydrogens is 284 g/mol. The van der Waals surface area contributed by atoms with E-state index < -0.39 is 5.97 Å². The molecule has 4 nitrogen and oxygen atoms in total. The van der Waals surface area contributed by atoms with Crippen molar-refractivity contribution in [2.45, 2.75) is 12.6 Å². The van der Waals surface area contributed by atoms with E-state index in [0.717, 1.165) is 12.1 Å². The van der Waals surface area contributed by atoms with Gasteiger partial charge in [0, 0.05) is 18.0 Å². The molecule has 1 aromatic carbocycles. The van der Waals surface area contributed by atoms with Crippen molar-refractivity contribution >= 4 is 17.3 Å². The molecule has 2 N–H and O–H groups in total. The molecule has 0 fully saturated rings. The molecule has 0 aliphatic rings. The molecule has 112 valence electrons. The van der Waals surface area contributed by atoms with Gasteiger partial charge in [-0.2, -0.15) is 0 Å². The first-order valence-corrected chi connectivity index (χ1v) is 7.68. The van der Waals surface area contributed by atoms with Crippen molar-refractivity contribution in [2.75, 3.05) is 20.6 Å². The lowest BCUT2D eigenvalue weighted by atomic mass is 10.1. The monoisotopic (exact) mass is 304 g/mol. The van der Waals surface area contributed by atoms with Crippen molar-refractivity contribution in [1.82, 2.24) is 10.2 Å². The van der Waals surface area contributed by atoms with Crippen LogP contribution in [-0.4, -0.2) is 36.6 Å². The summed E-state index contributed by atoms with van der Waals surface area (Å²) in [6, 6.07) is 11.6. The molecule has 1 atom stereocenters. The van der Waals surface area contributed by atoms with Gasteiger partial charge in [0.25, 0.3) is 0 Å². The minimum atomic E-state index is -0.887. The van der Waals surface area contributed by atoms with E-state index in [1.165, 1.54) is 4.88 Å². The topological polar surface area (TPSA) is 52.6 Å². The Kier molecular flexibility index (Phi) is 5.50. The Bertz CT molecular complexity index is 582. The zero-order valence-electron chi connectivity index (χ0n) is 12.2. The molecular formula is C16H20N2O2S. The summed E-state index contributed by atoms with van der Waals surface area (Å²) in [7, 11) is 4.13. The number of benzene rings is 1. The number of nitrogens with zero attached hydrogens (tertiary/aromatic N) is 1. The van der Waals surface area contributed by atoms with Crippen molar-refractivity contribution in [2.24, 2.45) is 0 Å². The van der Waals surface area contributed by atoms with E-state index >= 15 is 0 Å². The summed E-state index contributed by atoms with van der Waals surface area (Å²) in [5.74, 6) is -0.887. The molecule has 0 saturated heterocycles. The number of likely N-dealkylation sites (N-methyl/N-ethyl adjacent to an activating group) is 1. The Morgan fingerprint density at radius 3 is 2.76 bits per heavy atom. The van der Waals surface area contributed by atoms with Crippen LogP contribution in [0.5, 0.6) is 0 Å². The van der Waals surface area contributed by atoms with Gasteiger partial charge in [-0.05, 0) is 43.2 Å². The average Bonchev–Trinajstić information content (AvgIpc) is 2.97. The Labute approximate surface area is 129 Å². The first kappa shape index (κ1) is 15.7. The molecule has 0 aliphatic heterocycles. The minimum Gasteiger partial charge on any atom is -0.478 e. The van der Waals surface area contributed by atoms with Crippen molar-refractivity contribution in [3.05, 3.63) is 57.8 Å². The van der Waals surface area contributed by atoms with Gasteiger partial charge in [0.15, 0.2) is 0 Å². The molecule has 0 aliphatic carbocycles. The van der Waals surface area contributed by atoms with Crippen LogP contribution in [0.25, 0.3) is 0 Å². The van der Waals surface area contributed by atoms with Crippen LogP contribution in [-0.2, 0) is 6.54 Å². The minimum absolute atomic E-state index is 0.327. The lowest BCUT2D eigenvalue weighted by Gasteiger charge is -2.23. The molecule has 1 unspecified atom stereocenters. The maximum Gasteiger partial charge on any atom is 0.335 e. The van der Waals surface area contributed by atoms with Crippen LogP contribution in [0, 0.1) is 0 Å². The summed E-state index contributed by atoms with van der Waals surface area (Å²) >= 11 is 1.75. The second kappa shape index (κ2) is 7.36. The summed E-state index contributed by atoms with van der Waals surface area (Å²) in [5, 5.41) is 14.5. The number of aromatic carboxylic acids is 1. The molecule has 2 aromatic rings. The average molecular weight is 304 g/mol. The van der Waals surface area contributed by atoms with Gasteiger partial charge in [-0.25, -0.2) is 4.79 Å². The summed E-state index contributed by atoms with van der Waals surface area (Å²) in [4.78, 5) is 14.5. The van der Waals surface area contributed by atoms with Gasteiger partial charge in [-0.1, -0.05) is 18.2 Å². The molecule has 1 aromatic heterocycles. The van der Waals surface area contributed by atoms with Crippen LogP contribution in [0.3, 0.4) is 0 Å². The van der Waals surface area contributed by atoms with Crippen molar-refractivity contribution in [3.63, 3.8) is 0 Å². The summed E-state index contributed by atoms with van der Waals surface area (Å²) in [6.07, 6.45) is 0. The molecule has 1 heterocycles. The fourth-order valence-electron chi connectivity index (χ4n) is 2.19. The molecule has 5 heteroatoms. The van der Waals surface area contributed by atoms with E-state index in [1.54, 1.807) is 29.5 Å². The molecule has 21 heavy (non-hydrogen) atoms. The second-order valence-electron chi connectivity index (χ2n) is 5.13. The fourth-order valence-corrected chi connectivity index (χ4v) is 3.11. The van der Waals surface area contributed by atoms with Crippen LogP contribution in [0.4, 0.5) is 0 Å². The molecule has 0 radical (unpaired) electrons. The Balaban J connectivity index is 1.93. The number of nitrogens with one attached hydrogen (secondary N) is 1. The lowest BCUT2D eigenvalue weighted by Crippen LogP contribution is -2.30. The third kappa shape index (κ3) is 4.39. The zero-order valence-corrected chi connectivity index (χ0v) is 13.1. The van der Waals surface area contributed by atoms with Gasteiger partial charge in [-0.3, -0.25) is 0 Å². The summed E-state index contributed by atoms with van der Waals surface area (Å²) in [5.41, 5.74) is 1.32. The number of hydrogen-bond acceptors (Lipinski definition) is 4. The number of carboxylic acid groups (broad SMARTS) is 1. The van der Waals surface area contributed by atoms with Crippen molar-refractivity contribution in [3.8, 4) is 0 Å². The molecule has 2 rings (SSSR count). The van der Waals surface area contributed by atoms with E-state index in [2.05, 4.69) is 41.8 Å². The van der Waals surface area contributed by atoms with Gasteiger partial charge < -0.3 is 15.3 Å². The van der Waals surface area contributed by atoms with Gasteiger partial charge in [0.05, 0.1) is 11.6 Å². The summed E-state index contributed by atoms with van der Waals surface area (Å²) in [6.45, 7) is 1.49. The molecule has 0 saturated carbocycles. The highest BCUT2D eigenvalue weighted by Gasteiger charge is 2.14. The highest BCUT2D eigenvalue weighted by Crippen LogP contribution is 2.22. The normalized spacial score (nSPS) is 12.5. The molecule has 0 spiro atoms. The van der Waals surface area contributed by atoms with Gasteiger partial charge in [0.2, 0.25) is 0 Å². The lowest BCUT2D eigenvalue weighted by molar-refractivity contribution is 0.0696. The Morgan fingerprint density at radius 1 is 1.33 bits per heavy atom. The quantitative estimate of drug-likeness (QED) is 0.826. The Morgan fingerprint density at radius 2 is 2.14 bits per heavy atom. The molecule has 0 amide bonds. The predicted octanol–water partition coefficient (Wildman–Crippen LogP) is 2.84. The number of rotatable bonds is 7. The van der Waals surface area contributed by atoms with E-state index in [0.29, 0.717) is 18.2 Å². The maximum atomic E-state index is 11.0. The predicted molar refractivity (Wildman–Crippen MR) is 85.9 cm³/mol. The first-order valence-electron chi connectivity index (χ1n) is 6.80. The van der Waals surface area contributed by atoms with E-state index in [9.17, 15) is 4.79 Å². The third-order valence-corrected chi connectivity index (χ3v) is 4.31. The van der Waals surface area contributed by atoms with E-state index in [4.69, 9.17) is 5.11 Å². The van der Waals surface area contributed by atoms with E-state index in [1.807, 2.05) is 6.07 Å². The van der Waals surface area contributed by atoms with Crippen LogP contribution in [0.1, 0.15) is 26.8 Å². The first-order chi connectivity index (χ1) is 10.1. The number of carboxylic acids is 1. The largest absolute Gasteiger partial charge is 0.478 e. The highest BCUT2D eigenvalue weighted by molar-refractivity contribution is 7.10. The number of thiophene rings is 1. The van der Waals surface area contributed by atoms with Gasteiger partial charge >= 0.3 is 5.97 Å². The summed E-state index contributed by atoms with van der Waals surface area (Å²) < 4.78 is 0. The van der Waals surface area contributed by atoms with Crippen LogP contribution in [0.15, 0.2) is 41.8 Å². The number of hydrogen-bond donors (Lipinski definition) is 2. The van der Waals surface area contributed by atoms with E-state index in [-0.39, 0.29) is 0 Å². The van der Waals surface area contributed by atoms with Gasteiger partial charge in [0.1, 0.15) is 0 Å². The maximum absolute atomic E-state index is 11.0. The second-order valence-corrected chi connectivity index (χ2v) is 6.11. The Hall–Kier alpha value is -1.69. The van der Waals surface area contributed by atoms with Crippen LogP contribution in [0.2, 0.25) is 0 Å². The molecule has 0 bridgehead atoms. The van der Waals surface area contributed by atoms with Crippen LogP contribution < -0.4 is 5.32 Å². The number of carbonyl (C=O) groups is 1. The SMILES string of the molecule is CN(C)C(CNCc1cccc(C(=O)O)c1)c1cccs1. The highest BCUT2D eigenvalue weighted by atomic mass is 32.1. The third-order valence-electron chi connectivity index (χ3n) is 3.34. The van der Waals surface area contributed by atoms with Crippen LogP contribution >= 0.6 is 11.3 Å². The van der Waals surface area contributed by atoms with Gasteiger partial charge in [-0.15, -0.1) is 11.3 Å².